The first kappa shape index (κ1) is 19.8. The number of nitrogens with one attached hydrogen (secondary N) is 1. The lowest BCUT2D eigenvalue weighted by Gasteiger charge is -2.57. The van der Waals surface area contributed by atoms with Crippen LogP contribution in [0.4, 0.5) is 5.69 Å². The van der Waals surface area contributed by atoms with Gasteiger partial charge in [0.15, 0.2) is 0 Å². The van der Waals surface area contributed by atoms with Gasteiger partial charge < -0.3 is 10.2 Å². The molecule has 4 fully saturated rings. The van der Waals surface area contributed by atoms with Gasteiger partial charge in [-0.3, -0.25) is 9.59 Å². The lowest BCUT2D eigenvalue weighted by atomic mass is 9.49. The van der Waals surface area contributed by atoms with Crippen molar-refractivity contribution in [3.63, 3.8) is 0 Å². The Morgan fingerprint density at radius 1 is 1.04 bits per heavy atom. The predicted octanol–water partition coefficient (Wildman–Crippen LogP) is 4.67. The van der Waals surface area contributed by atoms with Crippen LogP contribution in [0.15, 0.2) is 24.3 Å². The smallest absolute Gasteiger partial charge is 0.253 e. The molecule has 152 valence electrons. The van der Waals surface area contributed by atoms with Crippen molar-refractivity contribution >= 4 is 29.3 Å². The molecule has 5 heteroatoms. The van der Waals surface area contributed by atoms with Crippen LogP contribution < -0.4 is 5.32 Å². The third kappa shape index (κ3) is 4.40. The fraction of sp³-hybridized carbons (Fsp3) is 0.652. The molecule has 0 radical (unpaired) electrons. The number of thioether (sulfide) groups is 1. The Morgan fingerprint density at radius 3 is 2.14 bits per heavy atom. The van der Waals surface area contributed by atoms with Gasteiger partial charge in [0.2, 0.25) is 5.91 Å². The zero-order chi connectivity index (χ0) is 19.7. The van der Waals surface area contributed by atoms with E-state index in [-0.39, 0.29) is 11.8 Å². The molecule has 0 saturated heterocycles. The number of nitrogens with zero attached hydrogens (tertiary/aromatic N) is 1. The average molecular weight is 401 g/mol. The first-order valence-electron chi connectivity index (χ1n) is 10.6. The Hall–Kier alpha value is -1.49. The van der Waals surface area contributed by atoms with Crippen LogP contribution in [0, 0.1) is 23.2 Å². The molecule has 1 aromatic carbocycles. The molecule has 0 aromatic heterocycles. The molecule has 0 aliphatic heterocycles. The number of hydrogen-bond acceptors (Lipinski definition) is 3. The summed E-state index contributed by atoms with van der Waals surface area (Å²) in [4.78, 5) is 25.7. The average Bonchev–Trinajstić information content (AvgIpc) is 2.64. The Morgan fingerprint density at radius 2 is 1.61 bits per heavy atom. The largest absolute Gasteiger partial charge is 0.345 e. The molecule has 5 rings (SSSR count). The van der Waals surface area contributed by atoms with E-state index >= 15 is 0 Å². The fourth-order valence-electron chi connectivity index (χ4n) is 6.20. The molecule has 0 atom stereocenters. The molecule has 1 N–H and O–H groups in total. The minimum absolute atomic E-state index is 0.0295. The second-order valence-corrected chi connectivity index (χ2v) is 10.7. The number of anilines is 1. The Kier molecular flexibility index (Phi) is 5.73. The van der Waals surface area contributed by atoms with Crippen molar-refractivity contribution in [1.82, 2.24) is 4.90 Å². The molecule has 4 saturated carbocycles. The maximum atomic E-state index is 12.3. The predicted molar refractivity (Wildman–Crippen MR) is 116 cm³/mol. The van der Waals surface area contributed by atoms with Gasteiger partial charge in [-0.25, -0.2) is 0 Å². The highest BCUT2D eigenvalue weighted by molar-refractivity contribution is 7.99. The van der Waals surface area contributed by atoms with Crippen molar-refractivity contribution < 1.29 is 9.59 Å². The monoisotopic (exact) mass is 400 g/mol. The van der Waals surface area contributed by atoms with E-state index < -0.39 is 0 Å². The molecular weight excluding hydrogens is 368 g/mol. The molecule has 1 aromatic rings. The SMILES string of the molecule is CN(C)C(=O)c1ccc(NC(=O)CSCCC23CC4CC(CC(C4)C2)C3)cc1. The molecule has 4 aliphatic rings. The summed E-state index contributed by atoms with van der Waals surface area (Å²) in [5.74, 6) is 4.62. The Balaban J connectivity index is 1.20. The molecule has 0 spiro atoms. The van der Waals surface area contributed by atoms with E-state index in [1.54, 1.807) is 55.0 Å². The van der Waals surface area contributed by atoms with Gasteiger partial charge in [0.05, 0.1) is 5.75 Å². The van der Waals surface area contributed by atoms with Crippen LogP contribution in [-0.4, -0.2) is 42.3 Å². The standard InChI is InChI=1S/C23H32N2O2S/c1-25(2)22(27)19-3-5-20(6-4-19)24-21(26)15-28-8-7-23-12-16-9-17(13-23)11-18(10-16)14-23/h3-6,16-18H,7-15H2,1-2H3,(H,24,26). The third-order valence-corrected chi connectivity index (χ3v) is 7.96. The van der Waals surface area contributed by atoms with E-state index in [1.807, 2.05) is 0 Å². The molecule has 4 bridgehead atoms. The van der Waals surface area contributed by atoms with Crippen LogP contribution in [0.2, 0.25) is 0 Å². The van der Waals surface area contributed by atoms with Gasteiger partial charge in [0.25, 0.3) is 5.91 Å². The maximum absolute atomic E-state index is 12.3. The van der Waals surface area contributed by atoms with Gasteiger partial charge in [-0.15, -0.1) is 0 Å². The number of rotatable bonds is 7. The normalized spacial score (nSPS) is 30.3. The molecule has 28 heavy (non-hydrogen) atoms. The maximum Gasteiger partial charge on any atom is 0.253 e. The van der Waals surface area contributed by atoms with Crippen LogP contribution in [0.25, 0.3) is 0 Å². The lowest BCUT2D eigenvalue weighted by molar-refractivity contribution is -0.113. The van der Waals surface area contributed by atoms with Crippen LogP contribution >= 0.6 is 11.8 Å². The van der Waals surface area contributed by atoms with Crippen molar-refractivity contribution in [3.8, 4) is 0 Å². The zero-order valence-corrected chi connectivity index (χ0v) is 17.9. The van der Waals surface area contributed by atoms with E-state index in [2.05, 4.69) is 5.32 Å². The van der Waals surface area contributed by atoms with Crippen LogP contribution in [0.3, 0.4) is 0 Å². The second-order valence-electron chi connectivity index (χ2n) is 9.55. The minimum Gasteiger partial charge on any atom is -0.345 e. The third-order valence-electron chi connectivity index (χ3n) is 7.00. The summed E-state index contributed by atoms with van der Waals surface area (Å²) in [7, 11) is 3.47. The van der Waals surface area contributed by atoms with Crippen molar-refractivity contribution in [2.24, 2.45) is 23.2 Å². The molecule has 0 unspecified atom stereocenters. The topological polar surface area (TPSA) is 49.4 Å². The summed E-state index contributed by atoms with van der Waals surface area (Å²) in [6, 6.07) is 7.12. The van der Waals surface area contributed by atoms with E-state index in [4.69, 9.17) is 0 Å². The van der Waals surface area contributed by atoms with Gasteiger partial charge in [-0.1, -0.05) is 0 Å². The summed E-state index contributed by atoms with van der Waals surface area (Å²) in [6.07, 6.45) is 10.1. The molecule has 4 nitrogen and oxygen atoms in total. The number of carbonyl (C=O) groups is 2. The number of amides is 2. The second kappa shape index (κ2) is 8.10. The van der Waals surface area contributed by atoms with Gasteiger partial charge >= 0.3 is 0 Å². The highest BCUT2D eigenvalue weighted by Gasteiger charge is 2.50. The van der Waals surface area contributed by atoms with E-state index in [9.17, 15) is 9.59 Å². The van der Waals surface area contributed by atoms with Crippen molar-refractivity contribution in [1.29, 1.82) is 0 Å². The highest BCUT2D eigenvalue weighted by Crippen LogP contribution is 2.61. The van der Waals surface area contributed by atoms with Crippen molar-refractivity contribution in [2.45, 2.75) is 44.9 Å². The molecule has 2 amide bonds. The van der Waals surface area contributed by atoms with E-state index in [1.165, 1.54) is 44.9 Å². The quantitative estimate of drug-likeness (QED) is 0.677. The fourth-order valence-corrected chi connectivity index (χ4v) is 7.18. The lowest BCUT2D eigenvalue weighted by Crippen LogP contribution is -2.46. The van der Waals surface area contributed by atoms with Crippen LogP contribution in [0.1, 0.15) is 55.3 Å². The number of carbonyl (C=O) groups excluding carboxylic acids is 2. The zero-order valence-electron chi connectivity index (χ0n) is 17.1. The van der Waals surface area contributed by atoms with E-state index in [0.29, 0.717) is 16.7 Å². The minimum atomic E-state index is -0.0295. The first-order valence-corrected chi connectivity index (χ1v) is 11.8. The molecular formula is C23H32N2O2S. The summed E-state index contributed by atoms with van der Waals surface area (Å²) in [5, 5.41) is 2.95. The number of hydrogen-bond donors (Lipinski definition) is 1. The summed E-state index contributed by atoms with van der Waals surface area (Å²) in [5.41, 5.74) is 1.99. The van der Waals surface area contributed by atoms with Crippen molar-refractivity contribution in [2.75, 3.05) is 30.9 Å². The summed E-state index contributed by atoms with van der Waals surface area (Å²) < 4.78 is 0. The Labute approximate surface area is 172 Å². The van der Waals surface area contributed by atoms with Gasteiger partial charge in [-0.05, 0) is 98.1 Å². The Bertz CT molecular complexity index is 693. The molecule has 4 aliphatic carbocycles. The van der Waals surface area contributed by atoms with E-state index in [0.717, 1.165) is 29.2 Å². The van der Waals surface area contributed by atoms with Gasteiger partial charge in [-0.2, -0.15) is 11.8 Å². The van der Waals surface area contributed by atoms with Crippen molar-refractivity contribution in [3.05, 3.63) is 29.8 Å². The van der Waals surface area contributed by atoms with Gasteiger partial charge in [0.1, 0.15) is 0 Å². The number of benzene rings is 1. The summed E-state index contributed by atoms with van der Waals surface area (Å²) in [6.45, 7) is 0. The highest BCUT2D eigenvalue weighted by atomic mass is 32.2. The van der Waals surface area contributed by atoms with Gasteiger partial charge in [0, 0.05) is 25.3 Å². The first-order chi connectivity index (χ1) is 13.4. The van der Waals surface area contributed by atoms with Crippen LogP contribution in [0.5, 0.6) is 0 Å². The van der Waals surface area contributed by atoms with Crippen LogP contribution in [-0.2, 0) is 4.79 Å². The molecule has 0 heterocycles. The summed E-state index contributed by atoms with van der Waals surface area (Å²) >= 11 is 1.77.